The lowest BCUT2D eigenvalue weighted by atomic mass is 10.0. The number of halogens is 4. The molecule has 0 aliphatic heterocycles. The van der Waals surface area contributed by atoms with Crippen LogP contribution in [0.2, 0.25) is 15.1 Å². The lowest BCUT2D eigenvalue weighted by Gasteiger charge is -2.05. The summed E-state index contributed by atoms with van der Waals surface area (Å²) in [5, 5.41) is 0.477. The third kappa shape index (κ3) is 2.51. The van der Waals surface area contributed by atoms with Crippen LogP contribution >= 0.6 is 34.8 Å². The van der Waals surface area contributed by atoms with Gasteiger partial charge in [-0.3, -0.25) is 4.79 Å². The molecule has 2 aromatic rings. The van der Waals surface area contributed by atoms with Gasteiger partial charge in [0, 0.05) is 5.56 Å². The zero-order chi connectivity index (χ0) is 13.3. The fourth-order valence-corrected chi connectivity index (χ4v) is 1.94. The molecule has 0 fully saturated rings. The standard InChI is InChI=1S/C13H6Cl3FO/c14-9-5-4-7(6-11(9)16)13(18)8-2-1-3-10(15)12(8)17/h1-6H. The monoisotopic (exact) mass is 302 g/mol. The topological polar surface area (TPSA) is 17.1 Å². The van der Waals surface area contributed by atoms with Gasteiger partial charge in [-0.15, -0.1) is 0 Å². The number of ketones is 1. The van der Waals surface area contributed by atoms with Crippen LogP contribution in [-0.2, 0) is 0 Å². The van der Waals surface area contributed by atoms with Gasteiger partial charge in [0.15, 0.2) is 11.6 Å². The Bertz CT molecular complexity index is 626. The molecule has 0 saturated heterocycles. The maximum absolute atomic E-state index is 13.7. The predicted molar refractivity (Wildman–Crippen MR) is 71.3 cm³/mol. The van der Waals surface area contributed by atoms with E-state index in [-0.39, 0.29) is 21.2 Å². The summed E-state index contributed by atoms with van der Waals surface area (Å²) in [4.78, 5) is 12.1. The second-order valence-corrected chi connectivity index (χ2v) is 4.78. The van der Waals surface area contributed by atoms with Crippen LogP contribution in [0.3, 0.4) is 0 Å². The van der Waals surface area contributed by atoms with Crippen molar-refractivity contribution >= 4 is 40.6 Å². The van der Waals surface area contributed by atoms with Crippen LogP contribution in [0, 0.1) is 5.82 Å². The summed E-state index contributed by atoms with van der Waals surface area (Å²) < 4.78 is 13.7. The summed E-state index contributed by atoms with van der Waals surface area (Å²) in [5.41, 5.74) is 0.159. The first-order chi connectivity index (χ1) is 8.50. The van der Waals surface area contributed by atoms with E-state index in [1.807, 2.05) is 0 Å². The van der Waals surface area contributed by atoms with Gasteiger partial charge in [0.1, 0.15) is 0 Å². The molecule has 0 aliphatic rings. The smallest absolute Gasteiger partial charge is 0.196 e. The maximum Gasteiger partial charge on any atom is 0.196 e. The van der Waals surface area contributed by atoms with Crippen LogP contribution in [0.1, 0.15) is 15.9 Å². The Hall–Kier alpha value is -1.09. The molecule has 0 heterocycles. The predicted octanol–water partition coefficient (Wildman–Crippen LogP) is 5.02. The Balaban J connectivity index is 2.48. The van der Waals surface area contributed by atoms with Crippen LogP contribution in [-0.4, -0.2) is 5.78 Å². The molecule has 0 saturated carbocycles. The first-order valence-corrected chi connectivity index (χ1v) is 6.08. The molecule has 0 radical (unpaired) electrons. The number of carbonyl (C=O) groups excluding carboxylic acids is 1. The second-order valence-electron chi connectivity index (χ2n) is 3.56. The van der Waals surface area contributed by atoms with Crippen molar-refractivity contribution in [2.24, 2.45) is 0 Å². The lowest BCUT2D eigenvalue weighted by Crippen LogP contribution is -2.04. The van der Waals surface area contributed by atoms with Crippen molar-refractivity contribution in [2.45, 2.75) is 0 Å². The number of hydrogen-bond donors (Lipinski definition) is 0. The summed E-state index contributed by atoms with van der Waals surface area (Å²) in [6, 6.07) is 8.62. The van der Waals surface area contributed by atoms with Crippen LogP contribution in [0.15, 0.2) is 36.4 Å². The van der Waals surface area contributed by atoms with Gasteiger partial charge in [-0.2, -0.15) is 0 Å². The number of carbonyl (C=O) groups is 1. The van der Waals surface area contributed by atoms with Crippen LogP contribution in [0.5, 0.6) is 0 Å². The van der Waals surface area contributed by atoms with E-state index in [9.17, 15) is 9.18 Å². The summed E-state index contributed by atoms with van der Waals surface area (Å²) in [6.07, 6.45) is 0. The Morgan fingerprint density at radius 3 is 2.33 bits per heavy atom. The van der Waals surface area contributed by atoms with E-state index in [0.29, 0.717) is 5.02 Å². The van der Waals surface area contributed by atoms with E-state index in [1.165, 1.54) is 36.4 Å². The van der Waals surface area contributed by atoms with Crippen LogP contribution < -0.4 is 0 Å². The lowest BCUT2D eigenvalue weighted by molar-refractivity contribution is 0.103. The Morgan fingerprint density at radius 2 is 1.67 bits per heavy atom. The highest BCUT2D eigenvalue weighted by Gasteiger charge is 2.16. The largest absolute Gasteiger partial charge is 0.288 e. The molecule has 0 aromatic heterocycles. The normalized spacial score (nSPS) is 10.4. The van der Waals surface area contributed by atoms with E-state index in [1.54, 1.807) is 0 Å². The van der Waals surface area contributed by atoms with Gasteiger partial charge in [-0.25, -0.2) is 4.39 Å². The highest BCUT2D eigenvalue weighted by Crippen LogP contribution is 2.25. The van der Waals surface area contributed by atoms with Crippen LogP contribution in [0.4, 0.5) is 4.39 Å². The van der Waals surface area contributed by atoms with E-state index < -0.39 is 11.6 Å². The molecule has 2 rings (SSSR count). The highest BCUT2D eigenvalue weighted by atomic mass is 35.5. The Morgan fingerprint density at radius 1 is 0.944 bits per heavy atom. The molecular weight excluding hydrogens is 297 g/mol. The van der Waals surface area contributed by atoms with E-state index >= 15 is 0 Å². The molecule has 0 atom stereocenters. The van der Waals surface area contributed by atoms with Gasteiger partial charge in [0.25, 0.3) is 0 Å². The third-order valence-electron chi connectivity index (χ3n) is 2.38. The molecule has 2 aromatic carbocycles. The summed E-state index contributed by atoms with van der Waals surface area (Å²) in [6.45, 7) is 0. The van der Waals surface area contributed by atoms with Crippen molar-refractivity contribution in [1.82, 2.24) is 0 Å². The van der Waals surface area contributed by atoms with Crippen molar-refractivity contribution in [1.29, 1.82) is 0 Å². The van der Waals surface area contributed by atoms with Gasteiger partial charge < -0.3 is 0 Å². The molecule has 0 bridgehead atoms. The van der Waals surface area contributed by atoms with Crippen molar-refractivity contribution in [3.8, 4) is 0 Å². The first kappa shape index (κ1) is 13.3. The van der Waals surface area contributed by atoms with Crippen molar-refractivity contribution in [3.05, 3.63) is 68.4 Å². The van der Waals surface area contributed by atoms with Crippen molar-refractivity contribution in [3.63, 3.8) is 0 Å². The van der Waals surface area contributed by atoms with Gasteiger partial charge >= 0.3 is 0 Å². The number of hydrogen-bond acceptors (Lipinski definition) is 1. The van der Waals surface area contributed by atoms with Crippen LogP contribution in [0.25, 0.3) is 0 Å². The van der Waals surface area contributed by atoms with Gasteiger partial charge in [-0.05, 0) is 30.3 Å². The minimum absolute atomic E-state index is 0.0964. The summed E-state index contributed by atoms with van der Waals surface area (Å²) in [7, 11) is 0. The quantitative estimate of drug-likeness (QED) is 0.712. The minimum Gasteiger partial charge on any atom is -0.288 e. The number of benzene rings is 2. The molecule has 1 nitrogen and oxygen atoms in total. The van der Waals surface area contributed by atoms with E-state index in [2.05, 4.69) is 0 Å². The second kappa shape index (κ2) is 5.27. The molecule has 0 spiro atoms. The fourth-order valence-electron chi connectivity index (χ4n) is 1.47. The fraction of sp³-hybridized carbons (Fsp3) is 0. The molecule has 0 aliphatic carbocycles. The molecule has 0 amide bonds. The average molecular weight is 304 g/mol. The summed E-state index contributed by atoms with van der Waals surface area (Å²) in [5.74, 6) is -1.23. The molecular formula is C13H6Cl3FO. The van der Waals surface area contributed by atoms with Crippen molar-refractivity contribution in [2.75, 3.05) is 0 Å². The van der Waals surface area contributed by atoms with Gasteiger partial charge in [-0.1, -0.05) is 40.9 Å². The first-order valence-electron chi connectivity index (χ1n) is 4.94. The SMILES string of the molecule is O=C(c1ccc(Cl)c(Cl)c1)c1cccc(Cl)c1F. The number of rotatable bonds is 2. The average Bonchev–Trinajstić information content (AvgIpc) is 2.35. The Labute approximate surface area is 118 Å². The molecule has 5 heteroatoms. The van der Waals surface area contributed by atoms with Gasteiger partial charge in [0.2, 0.25) is 0 Å². The molecule has 18 heavy (non-hydrogen) atoms. The minimum atomic E-state index is -0.741. The zero-order valence-electron chi connectivity index (χ0n) is 8.88. The van der Waals surface area contributed by atoms with Crippen molar-refractivity contribution < 1.29 is 9.18 Å². The summed E-state index contributed by atoms with van der Waals surface area (Å²) >= 11 is 17.2. The third-order valence-corrected chi connectivity index (χ3v) is 3.41. The highest BCUT2D eigenvalue weighted by molar-refractivity contribution is 6.42. The molecule has 0 unspecified atom stereocenters. The molecule has 0 N–H and O–H groups in total. The van der Waals surface area contributed by atoms with E-state index in [4.69, 9.17) is 34.8 Å². The molecule has 92 valence electrons. The Kier molecular flexibility index (Phi) is 3.91. The maximum atomic E-state index is 13.7. The van der Waals surface area contributed by atoms with E-state index in [0.717, 1.165) is 0 Å². The van der Waals surface area contributed by atoms with Gasteiger partial charge in [0.05, 0.1) is 20.6 Å². The zero-order valence-corrected chi connectivity index (χ0v) is 11.2.